The fourth-order valence-electron chi connectivity index (χ4n) is 5.20. The predicted molar refractivity (Wildman–Crippen MR) is 138 cm³/mol. The van der Waals surface area contributed by atoms with Crippen molar-refractivity contribution in [2.24, 2.45) is 5.92 Å². The summed E-state index contributed by atoms with van der Waals surface area (Å²) in [4.78, 5) is 15.6. The second-order valence-electron chi connectivity index (χ2n) is 10.3. The molecule has 1 atom stereocenters. The van der Waals surface area contributed by atoms with E-state index in [2.05, 4.69) is 11.0 Å². The van der Waals surface area contributed by atoms with Crippen molar-refractivity contribution in [3.8, 4) is 0 Å². The van der Waals surface area contributed by atoms with E-state index < -0.39 is 23.4 Å². The molecule has 3 aromatic carbocycles. The van der Waals surface area contributed by atoms with Crippen LogP contribution in [0, 0.1) is 24.5 Å². The third kappa shape index (κ3) is 7.50. The Morgan fingerprint density at radius 1 is 0.868 bits per heavy atom. The van der Waals surface area contributed by atoms with Gasteiger partial charge in [-0.15, -0.1) is 0 Å². The first-order valence-electron chi connectivity index (χ1n) is 13.0. The van der Waals surface area contributed by atoms with E-state index in [1.54, 1.807) is 6.07 Å². The summed E-state index contributed by atoms with van der Waals surface area (Å²) in [5, 5.41) is 0. The number of halogens is 5. The zero-order valence-corrected chi connectivity index (χ0v) is 21.5. The highest BCUT2D eigenvalue weighted by molar-refractivity contribution is 5.97. The van der Waals surface area contributed by atoms with Crippen LogP contribution in [-0.4, -0.2) is 23.8 Å². The quantitative estimate of drug-likeness (QED) is 0.320. The topological polar surface area (TPSA) is 20.3 Å². The molecule has 1 aliphatic heterocycles. The normalized spacial score (nSPS) is 17.9. The maximum absolute atomic E-state index is 13.8. The number of hydrogen-bond donors (Lipinski definition) is 0. The number of fused-ring (bicyclic) bond motifs is 1. The molecule has 0 aliphatic carbocycles. The van der Waals surface area contributed by atoms with Crippen molar-refractivity contribution >= 4 is 5.78 Å². The second-order valence-corrected chi connectivity index (χ2v) is 10.3. The monoisotopic (exact) mass is 529 g/mol. The van der Waals surface area contributed by atoms with E-state index in [0.717, 1.165) is 66.3 Å². The van der Waals surface area contributed by atoms with Gasteiger partial charge in [0.1, 0.15) is 0 Å². The molecular formula is C31H32F5NO. The summed E-state index contributed by atoms with van der Waals surface area (Å²) in [5.41, 5.74) is 3.57. The minimum absolute atomic E-state index is 0.0460. The smallest absolute Gasteiger partial charge is 0.299 e. The van der Waals surface area contributed by atoms with E-state index in [1.165, 1.54) is 18.2 Å². The molecule has 202 valence electrons. The fraction of sp³-hybridized carbons (Fsp3) is 0.387. The molecule has 0 bridgehead atoms. The number of aryl methyl sites for hydroxylation is 2. The minimum Gasteiger partial charge on any atom is -0.299 e. The summed E-state index contributed by atoms with van der Waals surface area (Å²) >= 11 is 0. The Labute approximate surface area is 220 Å². The first-order chi connectivity index (χ1) is 18.1. The van der Waals surface area contributed by atoms with Gasteiger partial charge in [-0.3, -0.25) is 9.69 Å². The lowest BCUT2D eigenvalue weighted by molar-refractivity contribution is -0.137. The SMILES string of the molecule is Cc1ccc2c(c1)CCCCN(Cc1ccc(F)c(F)c1)CCC(Cc1ccc(C(F)(F)F)cc1)CC2=O. The van der Waals surface area contributed by atoms with Crippen LogP contribution in [0.3, 0.4) is 0 Å². The molecule has 0 radical (unpaired) electrons. The van der Waals surface area contributed by atoms with Crippen molar-refractivity contribution in [2.75, 3.05) is 13.1 Å². The molecule has 0 amide bonds. The van der Waals surface area contributed by atoms with Crippen molar-refractivity contribution in [3.05, 3.63) is 106 Å². The highest BCUT2D eigenvalue weighted by Gasteiger charge is 2.30. The highest BCUT2D eigenvalue weighted by atomic mass is 19.4. The Morgan fingerprint density at radius 3 is 2.32 bits per heavy atom. The average Bonchev–Trinajstić information content (AvgIpc) is 2.86. The largest absolute Gasteiger partial charge is 0.416 e. The van der Waals surface area contributed by atoms with Crippen molar-refractivity contribution in [2.45, 2.75) is 58.2 Å². The van der Waals surface area contributed by atoms with Gasteiger partial charge in [-0.2, -0.15) is 13.2 Å². The van der Waals surface area contributed by atoms with Crippen LogP contribution in [0.15, 0.2) is 60.7 Å². The van der Waals surface area contributed by atoms with E-state index in [1.807, 2.05) is 19.1 Å². The molecule has 2 nitrogen and oxygen atoms in total. The summed E-state index contributed by atoms with van der Waals surface area (Å²) in [6.45, 7) is 3.85. The van der Waals surface area contributed by atoms with Crippen molar-refractivity contribution < 1.29 is 26.7 Å². The number of alkyl halides is 3. The maximum atomic E-state index is 13.8. The third-order valence-corrected chi connectivity index (χ3v) is 7.26. The summed E-state index contributed by atoms with van der Waals surface area (Å²) in [6, 6.07) is 15.0. The van der Waals surface area contributed by atoms with Gasteiger partial charge in [-0.1, -0.05) is 42.0 Å². The van der Waals surface area contributed by atoms with Gasteiger partial charge in [-0.25, -0.2) is 8.78 Å². The number of carbonyl (C=O) groups excluding carboxylic acids is 1. The average molecular weight is 530 g/mol. The first kappa shape index (κ1) is 28.0. The Hall–Kier alpha value is -3.06. The van der Waals surface area contributed by atoms with E-state index in [4.69, 9.17) is 0 Å². The number of carbonyl (C=O) groups is 1. The number of ketones is 1. The molecule has 1 unspecified atom stereocenters. The van der Waals surface area contributed by atoms with Gasteiger partial charge in [0.2, 0.25) is 0 Å². The van der Waals surface area contributed by atoms with E-state index in [-0.39, 0.29) is 18.1 Å². The van der Waals surface area contributed by atoms with Gasteiger partial charge >= 0.3 is 6.18 Å². The zero-order chi connectivity index (χ0) is 27.3. The summed E-state index contributed by atoms with van der Waals surface area (Å²) in [5.74, 6) is -1.80. The summed E-state index contributed by atoms with van der Waals surface area (Å²) < 4.78 is 66.3. The molecule has 4 rings (SSSR count). The molecule has 3 aromatic rings. The van der Waals surface area contributed by atoms with E-state index in [0.29, 0.717) is 31.5 Å². The molecule has 0 aromatic heterocycles. The van der Waals surface area contributed by atoms with E-state index in [9.17, 15) is 26.7 Å². The molecule has 0 N–H and O–H groups in total. The summed E-state index contributed by atoms with van der Waals surface area (Å²) in [6.07, 6.45) is -0.436. The van der Waals surface area contributed by atoms with Gasteiger partial charge in [0.25, 0.3) is 0 Å². The van der Waals surface area contributed by atoms with Crippen LogP contribution in [0.2, 0.25) is 0 Å². The molecule has 0 spiro atoms. The minimum atomic E-state index is -4.40. The van der Waals surface area contributed by atoms with Crippen LogP contribution in [0.25, 0.3) is 0 Å². The third-order valence-electron chi connectivity index (χ3n) is 7.26. The van der Waals surface area contributed by atoms with Gasteiger partial charge in [0, 0.05) is 18.5 Å². The predicted octanol–water partition coefficient (Wildman–Crippen LogP) is 7.95. The molecule has 0 saturated carbocycles. The molecule has 1 aliphatic rings. The Morgan fingerprint density at radius 2 is 1.61 bits per heavy atom. The van der Waals surface area contributed by atoms with Crippen LogP contribution in [-0.2, 0) is 25.6 Å². The number of Topliss-reactive ketones (excluding diaryl/α,β-unsaturated/α-hetero) is 1. The van der Waals surface area contributed by atoms with Crippen LogP contribution in [0.5, 0.6) is 0 Å². The Bertz CT molecular complexity index is 1250. The zero-order valence-electron chi connectivity index (χ0n) is 21.5. The number of nitrogens with zero attached hydrogens (tertiary/aromatic N) is 1. The Balaban J connectivity index is 1.57. The number of benzene rings is 3. The van der Waals surface area contributed by atoms with Crippen molar-refractivity contribution in [1.82, 2.24) is 4.90 Å². The molecule has 0 fully saturated rings. The van der Waals surface area contributed by atoms with Crippen molar-refractivity contribution in [1.29, 1.82) is 0 Å². The molecule has 0 saturated heterocycles. The maximum Gasteiger partial charge on any atom is 0.416 e. The lowest BCUT2D eigenvalue weighted by Gasteiger charge is -2.26. The van der Waals surface area contributed by atoms with Gasteiger partial charge in [0.15, 0.2) is 17.4 Å². The van der Waals surface area contributed by atoms with Crippen LogP contribution in [0.1, 0.15) is 63.9 Å². The standard InChI is InChI=1S/C31H32F5NO/c1-21-5-11-27-25(16-21)4-2-3-14-37(20-24-8-12-28(32)29(33)18-24)15-13-23(19-30(27)38)17-22-6-9-26(10-7-22)31(34,35)36/h5-12,16,18,23H,2-4,13-15,17,19-20H2,1H3. The van der Waals surface area contributed by atoms with Gasteiger partial charge in [0.05, 0.1) is 5.56 Å². The Kier molecular flexibility index (Phi) is 8.98. The first-order valence-corrected chi connectivity index (χ1v) is 13.0. The molecular weight excluding hydrogens is 497 g/mol. The fourth-order valence-corrected chi connectivity index (χ4v) is 5.20. The number of hydrogen-bond acceptors (Lipinski definition) is 2. The van der Waals surface area contributed by atoms with Crippen LogP contribution in [0.4, 0.5) is 22.0 Å². The lowest BCUT2D eigenvalue weighted by atomic mass is 9.86. The highest BCUT2D eigenvalue weighted by Crippen LogP contribution is 2.30. The van der Waals surface area contributed by atoms with Crippen LogP contribution < -0.4 is 0 Å². The van der Waals surface area contributed by atoms with Gasteiger partial charge in [-0.05, 0) is 99.0 Å². The molecule has 1 heterocycles. The number of rotatable bonds is 4. The van der Waals surface area contributed by atoms with E-state index >= 15 is 0 Å². The molecule has 38 heavy (non-hydrogen) atoms. The van der Waals surface area contributed by atoms with Gasteiger partial charge < -0.3 is 0 Å². The van der Waals surface area contributed by atoms with Crippen LogP contribution >= 0.6 is 0 Å². The second kappa shape index (κ2) is 12.2. The molecule has 7 heteroatoms. The van der Waals surface area contributed by atoms with Crippen molar-refractivity contribution in [3.63, 3.8) is 0 Å². The lowest BCUT2D eigenvalue weighted by Crippen LogP contribution is -2.29. The summed E-state index contributed by atoms with van der Waals surface area (Å²) in [7, 11) is 0.